The maximum absolute atomic E-state index is 5.86. The number of hydrogen-bond acceptors (Lipinski definition) is 4. The van der Waals surface area contributed by atoms with Gasteiger partial charge < -0.3 is 19.8 Å². The van der Waals surface area contributed by atoms with Gasteiger partial charge in [-0.25, -0.2) is 9.98 Å². The van der Waals surface area contributed by atoms with Gasteiger partial charge in [0.1, 0.15) is 12.3 Å². The molecule has 0 atom stereocenters. The van der Waals surface area contributed by atoms with Crippen LogP contribution in [0.4, 0.5) is 0 Å². The van der Waals surface area contributed by atoms with Crippen molar-refractivity contribution in [3.8, 4) is 0 Å². The van der Waals surface area contributed by atoms with Gasteiger partial charge in [-0.3, -0.25) is 0 Å². The summed E-state index contributed by atoms with van der Waals surface area (Å²) in [6.07, 6.45) is 0. The summed E-state index contributed by atoms with van der Waals surface area (Å²) in [7, 11) is 0. The van der Waals surface area contributed by atoms with E-state index in [-0.39, 0.29) is 0 Å². The lowest BCUT2D eigenvalue weighted by Crippen LogP contribution is -2.39. The quantitative estimate of drug-likeness (QED) is 0.427. The van der Waals surface area contributed by atoms with Crippen LogP contribution < -0.4 is 10.6 Å². The van der Waals surface area contributed by atoms with Gasteiger partial charge >= 0.3 is 0 Å². The van der Waals surface area contributed by atoms with Gasteiger partial charge in [0, 0.05) is 18.1 Å². The average molecular weight is 365 g/mol. The zero-order chi connectivity index (χ0) is 18.1. The van der Waals surface area contributed by atoms with Gasteiger partial charge in [0.05, 0.1) is 18.9 Å². The molecule has 0 fully saturated rings. The number of benzene rings is 1. The second-order valence-corrected chi connectivity index (χ2v) is 5.99. The van der Waals surface area contributed by atoms with Gasteiger partial charge in [-0.1, -0.05) is 23.7 Å². The average Bonchev–Trinajstić information content (AvgIpc) is 2.92. The minimum Gasteiger partial charge on any atom is -0.444 e. The summed E-state index contributed by atoms with van der Waals surface area (Å²) in [6, 6.07) is 7.64. The molecule has 2 N–H and O–H groups in total. The van der Waals surface area contributed by atoms with Crippen molar-refractivity contribution in [2.75, 3.05) is 19.7 Å². The van der Waals surface area contributed by atoms with Crippen LogP contribution in [0.25, 0.3) is 0 Å². The molecule has 2 rings (SSSR count). The van der Waals surface area contributed by atoms with Crippen molar-refractivity contribution in [1.29, 1.82) is 0 Å². The molecule has 0 aliphatic rings. The van der Waals surface area contributed by atoms with Crippen molar-refractivity contribution in [3.63, 3.8) is 0 Å². The highest BCUT2D eigenvalue weighted by molar-refractivity contribution is 6.30. The largest absolute Gasteiger partial charge is 0.444 e. The van der Waals surface area contributed by atoms with E-state index in [0.29, 0.717) is 38.2 Å². The minimum absolute atomic E-state index is 0.398. The van der Waals surface area contributed by atoms with Crippen LogP contribution in [0.5, 0.6) is 0 Å². The Morgan fingerprint density at radius 3 is 2.64 bits per heavy atom. The number of halogens is 1. The van der Waals surface area contributed by atoms with Crippen molar-refractivity contribution in [1.82, 2.24) is 15.6 Å². The van der Waals surface area contributed by atoms with E-state index in [1.165, 1.54) is 0 Å². The van der Waals surface area contributed by atoms with Gasteiger partial charge in [0.25, 0.3) is 0 Å². The normalized spacial score (nSPS) is 11.6. The Morgan fingerprint density at radius 1 is 1.24 bits per heavy atom. The molecule has 0 saturated heterocycles. The fourth-order valence-electron chi connectivity index (χ4n) is 2.11. The second-order valence-electron chi connectivity index (χ2n) is 5.55. The van der Waals surface area contributed by atoms with Crippen LogP contribution in [0.1, 0.15) is 29.8 Å². The van der Waals surface area contributed by atoms with Crippen LogP contribution in [0.3, 0.4) is 0 Å². The Hall–Kier alpha value is -2.05. The van der Waals surface area contributed by atoms with E-state index in [9.17, 15) is 0 Å². The summed E-state index contributed by atoms with van der Waals surface area (Å²) >= 11 is 5.86. The minimum atomic E-state index is 0.398. The zero-order valence-electron chi connectivity index (χ0n) is 14.9. The van der Waals surface area contributed by atoms with Crippen LogP contribution in [-0.2, 0) is 17.9 Å². The van der Waals surface area contributed by atoms with Gasteiger partial charge in [-0.05, 0) is 38.5 Å². The van der Waals surface area contributed by atoms with Crippen molar-refractivity contribution in [2.24, 2.45) is 4.99 Å². The van der Waals surface area contributed by atoms with E-state index in [1.54, 1.807) is 0 Å². The third-order valence-corrected chi connectivity index (χ3v) is 3.76. The van der Waals surface area contributed by atoms with Crippen LogP contribution in [-0.4, -0.2) is 30.6 Å². The number of oxazole rings is 1. The van der Waals surface area contributed by atoms with Gasteiger partial charge in [-0.15, -0.1) is 0 Å². The first-order valence-electron chi connectivity index (χ1n) is 8.35. The number of rotatable bonds is 8. The molecule has 0 aliphatic carbocycles. The fraction of sp³-hybridized carbons (Fsp3) is 0.444. The Bertz CT molecular complexity index is 663. The molecule has 0 bridgehead atoms. The molecule has 6 nitrogen and oxygen atoms in total. The van der Waals surface area contributed by atoms with Crippen molar-refractivity contribution in [3.05, 3.63) is 52.2 Å². The van der Waals surface area contributed by atoms with E-state index in [4.69, 9.17) is 20.8 Å². The predicted octanol–water partition coefficient (Wildman–Crippen LogP) is 3.22. The van der Waals surface area contributed by atoms with E-state index in [2.05, 4.69) is 20.6 Å². The van der Waals surface area contributed by atoms with Crippen LogP contribution in [0.2, 0.25) is 5.02 Å². The number of aliphatic imine (C=N–C) groups is 1. The number of ether oxygens (including phenoxy) is 1. The number of nitrogens with one attached hydrogen (secondary N) is 2. The SMILES string of the molecule is CCNC(=NCc1nc(C)c(C)o1)NCCOCc1ccc(Cl)cc1. The molecular weight excluding hydrogens is 340 g/mol. The van der Waals surface area contributed by atoms with E-state index >= 15 is 0 Å². The highest BCUT2D eigenvalue weighted by atomic mass is 35.5. The molecule has 0 spiro atoms. The second kappa shape index (κ2) is 10.1. The summed E-state index contributed by atoms with van der Waals surface area (Å²) in [5.74, 6) is 2.16. The molecule has 1 aromatic carbocycles. The number of nitrogens with zero attached hydrogens (tertiary/aromatic N) is 2. The highest BCUT2D eigenvalue weighted by Gasteiger charge is 2.05. The van der Waals surface area contributed by atoms with E-state index in [1.807, 2.05) is 45.0 Å². The molecule has 0 amide bonds. The van der Waals surface area contributed by atoms with Crippen molar-refractivity contribution in [2.45, 2.75) is 33.9 Å². The molecule has 0 aliphatic heterocycles. The Kier molecular flexibility index (Phi) is 7.76. The van der Waals surface area contributed by atoms with Crippen LogP contribution in [0, 0.1) is 13.8 Å². The zero-order valence-corrected chi connectivity index (χ0v) is 15.7. The first-order valence-corrected chi connectivity index (χ1v) is 8.73. The van der Waals surface area contributed by atoms with Gasteiger partial charge in [-0.2, -0.15) is 0 Å². The van der Waals surface area contributed by atoms with Gasteiger partial charge in [0.2, 0.25) is 5.89 Å². The predicted molar refractivity (Wildman–Crippen MR) is 99.9 cm³/mol. The highest BCUT2D eigenvalue weighted by Crippen LogP contribution is 2.10. The molecular formula is C18H25ClN4O2. The summed E-state index contributed by atoms with van der Waals surface area (Å²) < 4.78 is 11.2. The summed E-state index contributed by atoms with van der Waals surface area (Å²) in [5, 5.41) is 7.15. The lowest BCUT2D eigenvalue weighted by molar-refractivity contribution is 0.125. The molecule has 2 aromatic rings. The molecule has 136 valence electrons. The van der Waals surface area contributed by atoms with E-state index in [0.717, 1.165) is 28.6 Å². The van der Waals surface area contributed by atoms with Crippen LogP contribution >= 0.6 is 11.6 Å². The van der Waals surface area contributed by atoms with E-state index < -0.39 is 0 Å². The third kappa shape index (κ3) is 6.76. The monoisotopic (exact) mass is 364 g/mol. The number of guanidine groups is 1. The van der Waals surface area contributed by atoms with Crippen LogP contribution in [0.15, 0.2) is 33.7 Å². The fourth-order valence-corrected chi connectivity index (χ4v) is 2.23. The van der Waals surface area contributed by atoms with Crippen molar-refractivity contribution < 1.29 is 9.15 Å². The lowest BCUT2D eigenvalue weighted by atomic mass is 10.2. The smallest absolute Gasteiger partial charge is 0.216 e. The molecule has 0 unspecified atom stereocenters. The maximum Gasteiger partial charge on any atom is 0.216 e. The standard InChI is InChI=1S/C18H25ClN4O2/c1-4-20-18(22-11-17-23-13(2)14(3)25-17)21-9-10-24-12-15-5-7-16(19)8-6-15/h5-8H,4,9-12H2,1-3H3,(H2,20,21,22). The number of aryl methyl sites for hydroxylation is 2. The third-order valence-electron chi connectivity index (χ3n) is 3.51. The molecule has 1 aromatic heterocycles. The summed E-state index contributed by atoms with van der Waals surface area (Å²) in [4.78, 5) is 8.80. The molecule has 1 heterocycles. The first-order chi connectivity index (χ1) is 12.1. The topological polar surface area (TPSA) is 71.7 Å². The van der Waals surface area contributed by atoms with Crippen molar-refractivity contribution >= 4 is 17.6 Å². The lowest BCUT2D eigenvalue weighted by Gasteiger charge is -2.11. The van der Waals surface area contributed by atoms with Gasteiger partial charge in [0.15, 0.2) is 5.96 Å². The molecule has 7 heteroatoms. The Morgan fingerprint density at radius 2 is 2.00 bits per heavy atom. The molecule has 0 saturated carbocycles. The summed E-state index contributed by atoms with van der Waals surface area (Å²) in [5.41, 5.74) is 2.00. The number of hydrogen-bond donors (Lipinski definition) is 2. The number of aromatic nitrogens is 1. The maximum atomic E-state index is 5.86. The molecule has 25 heavy (non-hydrogen) atoms. The Labute approximate surface area is 153 Å². The summed E-state index contributed by atoms with van der Waals surface area (Å²) in [6.45, 7) is 8.81. The Balaban J connectivity index is 1.73. The first kappa shape index (κ1) is 19.3. The molecule has 0 radical (unpaired) electrons.